The normalized spacial score (nSPS) is 20.7. The Morgan fingerprint density at radius 3 is 2.72 bits per heavy atom. The highest BCUT2D eigenvalue weighted by molar-refractivity contribution is 8.00. The fourth-order valence-electron chi connectivity index (χ4n) is 1.96. The first-order valence-corrected chi connectivity index (χ1v) is 6.92. The monoisotopic (exact) mass is 268 g/mol. The molecule has 1 atom stereocenters. The predicted octanol–water partition coefficient (Wildman–Crippen LogP) is 1.66. The summed E-state index contributed by atoms with van der Waals surface area (Å²) in [5.41, 5.74) is 0. The van der Waals surface area contributed by atoms with Crippen LogP contribution in [0, 0.1) is 0 Å². The van der Waals surface area contributed by atoms with Crippen molar-refractivity contribution in [3.8, 4) is 11.5 Å². The smallest absolute Gasteiger partial charge is 0.161 e. The molecule has 1 aliphatic rings. The second kappa shape index (κ2) is 6.31. The maximum absolute atomic E-state index is 5.33. The van der Waals surface area contributed by atoms with Crippen LogP contribution >= 0.6 is 11.8 Å². The summed E-state index contributed by atoms with van der Waals surface area (Å²) in [7, 11) is 5.49. The molecule has 18 heavy (non-hydrogen) atoms. The quantitative estimate of drug-likeness (QED) is 0.898. The Labute approximate surface area is 113 Å². The van der Waals surface area contributed by atoms with Gasteiger partial charge in [-0.05, 0) is 25.2 Å². The molecule has 2 rings (SSSR count). The van der Waals surface area contributed by atoms with E-state index >= 15 is 0 Å². The highest BCUT2D eigenvalue weighted by atomic mass is 32.2. The molecule has 0 spiro atoms. The minimum Gasteiger partial charge on any atom is -0.493 e. The van der Waals surface area contributed by atoms with Gasteiger partial charge in [-0.15, -0.1) is 11.8 Å². The lowest BCUT2D eigenvalue weighted by Gasteiger charge is -2.32. The lowest BCUT2D eigenvalue weighted by molar-refractivity contribution is 0.266. The fraction of sp³-hybridized carbons (Fsp3) is 0.538. The predicted molar refractivity (Wildman–Crippen MR) is 74.7 cm³/mol. The number of methoxy groups -OCH3 is 2. The summed E-state index contributed by atoms with van der Waals surface area (Å²) < 4.78 is 10.6. The van der Waals surface area contributed by atoms with Gasteiger partial charge in [0.1, 0.15) is 0 Å². The van der Waals surface area contributed by atoms with E-state index in [2.05, 4.69) is 23.3 Å². The largest absolute Gasteiger partial charge is 0.493 e. The molecular formula is C13H20N2O2S. The van der Waals surface area contributed by atoms with Crippen LogP contribution in [0.5, 0.6) is 11.5 Å². The van der Waals surface area contributed by atoms with E-state index in [4.69, 9.17) is 9.47 Å². The molecule has 1 aromatic carbocycles. The van der Waals surface area contributed by atoms with Gasteiger partial charge in [-0.1, -0.05) is 0 Å². The van der Waals surface area contributed by atoms with Crippen molar-refractivity contribution in [2.45, 2.75) is 10.3 Å². The van der Waals surface area contributed by atoms with Gasteiger partial charge in [0.25, 0.3) is 0 Å². The molecule has 1 N–H and O–H groups in total. The third-order valence-electron chi connectivity index (χ3n) is 3.08. The van der Waals surface area contributed by atoms with E-state index in [1.54, 1.807) is 14.2 Å². The molecule has 0 amide bonds. The zero-order chi connectivity index (χ0) is 13.0. The summed E-state index contributed by atoms with van der Waals surface area (Å²) in [6, 6.07) is 6.07. The first-order valence-electron chi connectivity index (χ1n) is 6.04. The highest BCUT2D eigenvalue weighted by Crippen LogP contribution is 2.34. The zero-order valence-electron chi connectivity index (χ0n) is 11.1. The van der Waals surface area contributed by atoms with Crippen LogP contribution in [0.3, 0.4) is 0 Å². The average Bonchev–Trinajstić information content (AvgIpc) is 2.41. The number of benzene rings is 1. The number of hydrogen-bond donors (Lipinski definition) is 1. The van der Waals surface area contributed by atoms with Crippen LogP contribution in [-0.4, -0.2) is 51.2 Å². The molecule has 1 heterocycles. The SMILES string of the molecule is COc1ccc(SC2CNCCN2C)cc1OC. The van der Waals surface area contributed by atoms with Crippen molar-refractivity contribution in [2.24, 2.45) is 0 Å². The van der Waals surface area contributed by atoms with Crippen LogP contribution in [-0.2, 0) is 0 Å². The topological polar surface area (TPSA) is 33.7 Å². The van der Waals surface area contributed by atoms with E-state index < -0.39 is 0 Å². The zero-order valence-corrected chi connectivity index (χ0v) is 11.9. The Morgan fingerprint density at radius 1 is 1.28 bits per heavy atom. The lowest BCUT2D eigenvalue weighted by Crippen LogP contribution is -2.47. The van der Waals surface area contributed by atoms with Crippen LogP contribution in [0.2, 0.25) is 0 Å². The summed E-state index contributed by atoms with van der Waals surface area (Å²) in [6.07, 6.45) is 0. The lowest BCUT2D eigenvalue weighted by atomic mass is 10.3. The van der Waals surface area contributed by atoms with Gasteiger partial charge in [0.15, 0.2) is 11.5 Å². The number of ether oxygens (including phenoxy) is 2. The molecule has 1 aromatic rings. The number of piperazine rings is 1. The van der Waals surface area contributed by atoms with Crippen LogP contribution in [0.1, 0.15) is 0 Å². The fourth-order valence-corrected chi connectivity index (χ4v) is 3.08. The number of nitrogens with zero attached hydrogens (tertiary/aromatic N) is 1. The van der Waals surface area contributed by atoms with Crippen molar-refractivity contribution in [3.63, 3.8) is 0 Å². The third-order valence-corrected chi connectivity index (χ3v) is 4.40. The molecule has 0 aromatic heterocycles. The number of rotatable bonds is 4. The van der Waals surface area contributed by atoms with E-state index in [0.717, 1.165) is 31.1 Å². The Bertz CT molecular complexity index is 401. The molecule has 1 saturated heterocycles. The first-order chi connectivity index (χ1) is 8.74. The molecule has 1 unspecified atom stereocenters. The van der Waals surface area contributed by atoms with Crippen LogP contribution in [0.15, 0.2) is 23.1 Å². The first kappa shape index (κ1) is 13.5. The van der Waals surface area contributed by atoms with E-state index in [9.17, 15) is 0 Å². The molecule has 1 aliphatic heterocycles. The summed E-state index contributed by atoms with van der Waals surface area (Å²) in [6.45, 7) is 3.17. The van der Waals surface area contributed by atoms with Gasteiger partial charge in [0.2, 0.25) is 0 Å². The summed E-state index contributed by atoms with van der Waals surface area (Å²) in [4.78, 5) is 3.57. The van der Waals surface area contributed by atoms with E-state index in [-0.39, 0.29) is 0 Å². The molecule has 0 bridgehead atoms. The van der Waals surface area contributed by atoms with Gasteiger partial charge < -0.3 is 14.8 Å². The Balaban J connectivity index is 2.08. The second-order valence-electron chi connectivity index (χ2n) is 4.27. The molecular weight excluding hydrogens is 248 g/mol. The summed E-state index contributed by atoms with van der Waals surface area (Å²) in [5.74, 6) is 1.56. The molecule has 5 heteroatoms. The maximum atomic E-state index is 5.33. The van der Waals surface area contributed by atoms with Crippen molar-refractivity contribution < 1.29 is 9.47 Å². The van der Waals surface area contributed by atoms with Gasteiger partial charge in [0, 0.05) is 24.5 Å². The molecule has 100 valence electrons. The standard InChI is InChI=1S/C13H20N2O2S/c1-15-7-6-14-9-13(15)18-10-4-5-11(16-2)12(8-10)17-3/h4-5,8,13-14H,6-7,9H2,1-3H3. The molecule has 4 nitrogen and oxygen atoms in total. The minimum absolute atomic E-state index is 0.469. The number of nitrogens with one attached hydrogen (secondary N) is 1. The van der Waals surface area contributed by atoms with Gasteiger partial charge in [-0.25, -0.2) is 0 Å². The Kier molecular flexibility index (Phi) is 4.74. The van der Waals surface area contributed by atoms with E-state index in [1.165, 1.54) is 4.90 Å². The van der Waals surface area contributed by atoms with Gasteiger partial charge >= 0.3 is 0 Å². The molecule has 0 aliphatic carbocycles. The Hall–Kier alpha value is -0.910. The minimum atomic E-state index is 0.469. The van der Waals surface area contributed by atoms with E-state index in [0.29, 0.717) is 5.37 Å². The van der Waals surface area contributed by atoms with Crippen molar-refractivity contribution in [3.05, 3.63) is 18.2 Å². The maximum Gasteiger partial charge on any atom is 0.161 e. The van der Waals surface area contributed by atoms with Crippen LogP contribution in [0.25, 0.3) is 0 Å². The number of thioether (sulfide) groups is 1. The summed E-state index contributed by atoms with van der Waals surface area (Å²) >= 11 is 1.85. The number of likely N-dealkylation sites (N-methyl/N-ethyl adjacent to an activating group) is 1. The summed E-state index contributed by atoms with van der Waals surface area (Å²) in [5, 5.41) is 3.89. The van der Waals surface area contributed by atoms with E-state index in [1.807, 2.05) is 23.9 Å². The van der Waals surface area contributed by atoms with Crippen LogP contribution in [0.4, 0.5) is 0 Å². The number of hydrogen-bond acceptors (Lipinski definition) is 5. The van der Waals surface area contributed by atoms with Crippen molar-refractivity contribution in [1.82, 2.24) is 10.2 Å². The van der Waals surface area contributed by atoms with Gasteiger partial charge in [-0.2, -0.15) is 0 Å². The molecule has 0 saturated carbocycles. The second-order valence-corrected chi connectivity index (χ2v) is 5.53. The van der Waals surface area contributed by atoms with Crippen LogP contribution < -0.4 is 14.8 Å². The molecule has 1 fully saturated rings. The third kappa shape index (κ3) is 3.10. The van der Waals surface area contributed by atoms with Gasteiger partial charge in [-0.3, -0.25) is 4.90 Å². The average molecular weight is 268 g/mol. The highest BCUT2D eigenvalue weighted by Gasteiger charge is 2.20. The Morgan fingerprint density at radius 2 is 2.06 bits per heavy atom. The molecule has 0 radical (unpaired) electrons. The van der Waals surface area contributed by atoms with Crippen molar-refractivity contribution >= 4 is 11.8 Å². The van der Waals surface area contributed by atoms with Gasteiger partial charge in [0.05, 0.1) is 19.6 Å². The van der Waals surface area contributed by atoms with Crippen molar-refractivity contribution in [2.75, 3.05) is 40.9 Å². The van der Waals surface area contributed by atoms with Crippen molar-refractivity contribution in [1.29, 1.82) is 0 Å².